The van der Waals surface area contributed by atoms with E-state index in [1.54, 1.807) is 10.4 Å². The van der Waals surface area contributed by atoms with Crippen LogP contribution in [0.4, 0.5) is 0 Å². The van der Waals surface area contributed by atoms with E-state index in [1.807, 2.05) is 6.92 Å². The van der Waals surface area contributed by atoms with Crippen molar-refractivity contribution >= 4 is 37.3 Å². The quantitative estimate of drug-likeness (QED) is 0.889. The van der Waals surface area contributed by atoms with Crippen molar-refractivity contribution in [3.05, 3.63) is 15.4 Å². The SMILES string of the molecule is Cc1cc(S(=O)(=O)N2CCCCC2CCO)sc1Br. The van der Waals surface area contributed by atoms with Crippen LogP contribution in [0.1, 0.15) is 31.2 Å². The molecule has 1 atom stereocenters. The highest BCUT2D eigenvalue weighted by Gasteiger charge is 2.34. The van der Waals surface area contributed by atoms with Crippen molar-refractivity contribution in [2.24, 2.45) is 0 Å². The molecule has 1 aromatic rings. The highest BCUT2D eigenvalue weighted by Crippen LogP contribution is 2.34. The van der Waals surface area contributed by atoms with Crippen LogP contribution in [-0.2, 0) is 10.0 Å². The predicted molar refractivity (Wildman–Crippen MR) is 80.0 cm³/mol. The first-order chi connectivity index (χ1) is 8.96. The fourth-order valence-electron chi connectivity index (χ4n) is 2.40. The fourth-order valence-corrected chi connectivity index (χ4v) is 6.48. The molecule has 0 saturated carbocycles. The van der Waals surface area contributed by atoms with Crippen molar-refractivity contribution in [1.29, 1.82) is 0 Å². The molecule has 0 aromatic carbocycles. The van der Waals surface area contributed by atoms with Gasteiger partial charge in [0.1, 0.15) is 4.21 Å². The Bertz CT molecular complexity index is 520. The number of piperidine rings is 1. The van der Waals surface area contributed by atoms with Crippen molar-refractivity contribution in [1.82, 2.24) is 4.31 Å². The van der Waals surface area contributed by atoms with Gasteiger partial charge in [0.25, 0.3) is 10.0 Å². The summed E-state index contributed by atoms with van der Waals surface area (Å²) in [5, 5.41) is 9.09. The fraction of sp³-hybridized carbons (Fsp3) is 0.667. The van der Waals surface area contributed by atoms with Gasteiger partial charge >= 0.3 is 0 Å². The van der Waals surface area contributed by atoms with Crippen LogP contribution in [0.5, 0.6) is 0 Å². The van der Waals surface area contributed by atoms with Crippen LogP contribution < -0.4 is 0 Å². The molecule has 0 spiro atoms. The maximum atomic E-state index is 12.7. The summed E-state index contributed by atoms with van der Waals surface area (Å²) < 4.78 is 28.2. The van der Waals surface area contributed by atoms with Crippen LogP contribution >= 0.6 is 27.3 Å². The molecule has 1 N–H and O–H groups in total. The van der Waals surface area contributed by atoms with E-state index >= 15 is 0 Å². The van der Waals surface area contributed by atoms with Crippen LogP contribution in [-0.4, -0.2) is 37.0 Å². The number of thiophene rings is 1. The number of halogens is 1. The second-order valence-corrected chi connectivity index (χ2v) is 9.29. The zero-order chi connectivity index (χ0) is 14.0. The van der Waals surface area contributed by atoms with Crippen molar-refractivity contribution in [2.45, 2.75) is 42.9 Å². The maximum Gasteiger partial charge on any atom is 0.252 e. The minimum Gasteiger partial charge on any atom is -0.396 e. The zero-order valence-electron chi connectivity index (χ0n) is 10.8. The average molecular weight is 368 g/mol. The largest absolute Gasteiger partial charge is 0.396 e. The van der Waals surface area contributed by atoms with Gasteiger partial charge in [-0.05, 0) is 53.7 Å². The van der Waals surface area contributed by atoms with E-state index in [4.69, 9.17) is 5.11 Å². The molecular formula is C12H18BrNO3S2. The first-order valence-electron chi connectivity index (χ1n) is 6.35. The standard InChI is InChI=1S/C12H18BrNO3S2/c1-9-8-11(18-12(9)13)19(16,17)14-6-3-2-4-10(14)5-7-15/h8,10,15H,2-7H2,1H3. The first kappa shape index (κ1) is 15.4. The number of sulfonamides is 1. The summed E-state index contributed by atoms with van der Waals surface area (Å²) in [5.74, 6) is 0. The third-order valence-corrected chi connectivity index (χ3v) is 7.97. The van der Waals surface area contributed by atoms with E-state index in [1.165, 1.54) is 11.3 Å². The van der Waals surface area contributed by atoms with Crippen LogP contribution in [0, 0.1) is 6.92 Å². The molecule has 19 heavy (non-hydrogen) atoms. The normalized spacial score (nSPS) is 21.7. The third-order valence-electron chi connectivity index (χ3n) is 3.43. The highest BCUT2D eigenvalue weighted by atomic mass is 79.9. The van der Waals surface area contributed by atoms with E-state index < -0.39 is 10.0 Å². The molecule has 1 aliphatic rings. The summed E-state index contributed by atoms with van der Waals surface area (Å²) in [6.45, 7) is 2.48. The molecule has 1 aromatic heterocycles. The van der Waals surface area contributed by atoms with Gasteiger partial charge in [0.2, 0.25) is 0 Å². The Morgan fingerprint density at radius 2 is 2.26 bits per heavy atom. The molecule has 1 fully saturated rings. The molecule has 7 heteroatoms. The first-order valence-corrected chi connectivity index (χ1v) is 9.40. The summed E-state index contributed by atoms with van der Waals surface area (Å²) in [6, 6.07) is 1.65. The Balaban J connectivity index is 2.31. The van der Waals surface area contributed by atoms with Gasteiger partial charge in [-0.2, -0.15) is 4.31 Å². The molecule has 4 nitrogen and oxygen atoms in total. The van der Waals surface area contributed by atoms with E-state index in [0.29, 0.717) is 17.2 Å². The molecule has 1 saturated heterocycles. The Hall–Kier alpha value is 0.0500. The maximum absolute atomic E-state index is 12.7. The van der Waals surface area contributed by atoms with Gasteiger partial charge in [0, 0.05) is 19.2 Å². The molecule has 2 rings (SSSR count). The van der Waals surface area contributed by atoms with Gasteiger partial charge in [-0.3, -0.25) is 0 Å². The number of rotatable bonds is 4. The van der Waals surface area contributed by atoms with Crippen molar-refractivity contribution in [3.8, 4) is 0 Å². The van der Waals surface area contributed by atoms with E-state index in [0.717, 1.165) is 28.6 Å². The lowest BCUT2D eigenvalue weighted by molar-refractivity contribution is 0.193. The van der Waals surface area contributed by atoms with Crippen molar-refractivity contribution < 1.29 is 13.5 Å². The summed E-state index contributed by atoms with van der Waals surface area (Å²) in [7, 11) is -3.42. The molecule has 0 aliphatic carbocycles. The number of aliphatic hydroxyl groups is 1. The van der Waals surface area contributed by atoms with E-state index in [-0.39, 0.29) is 12.6 Å². The summed E-state index contributed by atoms with van der Waals surface area (Å²) in [5.41, 5.74) is 0.944. The summed E-state index contributed by atoms with van der Waals surface area (Å²) >= 11 is 4.63. The Morgan fingerprint density at radius 3 is 2.84 bits per heavy atom. The smallest absolute Gasteiger partial charge is 0.252 e. The van der Waals surface area contributed by atoms with E-state index in [9.17, 15) is 8.42 Å². The molecule has 2 heterocycles. The summed E-state index contributed by atoms with van der Waals surface area (Å²) in [6.07, 6.45) is 3.28. The minimum atomic E-state index is -3.42. The molecule has 0 radical (unpaired) electrons. The van der Waals surface area contributed by atoms with E-state index in [2.05, 4.69) is 15.9 Å². The molecule has 0 amide bonds. The predicted octanol–water partition coefficient (Wildman–Crippen LogP) is 2.74. The van der Waals surface area contributed by atoms with Gasteiger partial charge in [-0.1, -0.05) is 6.42 Å². The lowest BCUT2D eigenvalue weighted by atomic mass is 10.0. The van der Waals surface area contributed by atoms with Gasteiger partial charge in [0.05, 0.1) is 3.79 Å². The van der Waals surface area contributed by atoms with Gasteiger partial charge in [0.15, 0.2) is 0 Å². The van der Waals surface area contributed by atoms with Gasteiger partial charge < -0.3 is 5.11 Å². The van der Waals surface area contributed by atoms with Crippen LogP contribution in [0.15, 0.2) is 14.1 Å². The van der Waals surface area contributed by atoms with Gasteiger partial charge in [-0.25, -0.2) is 8.42 Å². The summed E-state index contributed by atoms with van der Waals surface area (Å²) in [4.78, 5) is 0. The number of hydrogen-bond acceptors (Lipinski definition) is 4. The number of aryl methyl sites for hydroxylation is 1. The van der Waals surface area contributed by atoms with Gasteiger partial charge in [-0.15, -0.1) is 11.3 Å². The van der Waals surface area contributed by atoms with Crippen LogP contribution in [0.3, 0.4) is 0 Å². The highest BCUT2D eigenvalue weighted by molar-refractivity contribution is 9.11. The second-order valence-electron chi connectivity index (χ2n) is 4.80. The minimum absolute atomic E-state index is 0.0316. The monoisotopic (exact) mass is 367 g/mol. The average Bonchev–Trinajstić information content (AvgIpc) is 2.71. The molecule has 1 aliphatic heterocycles. The van der Waals surface area contributed by atoms with Crippen LogP contribution in [0.25, 0.3) is 0 Å². The van der Waals surface area contributed by atoms with Crippen molar-refractivity contribution in [3.63, 3.8) is 0 Å². The lowest BCUT2D eigenvalue weighted by Gasteiger charge is -2.33. The van der Waals surface area contributed by atoms with Crippen molar-refractivity contribution in [2.75, 3.05) is 13.2 Å². The molecule has 1 unspecified atom stereocenters. The molecule has 0 bridgehead atoms. The third kappa shape index (κ3) is 3.21. The Morgan fingerprint density at radius 1 is 1.53 bits per heavy atom. The van der Waals surface area contributed by atoms with Crippen LogP contribution in [0.2, 0.25) is 0 Å². The molecular weight excluding hydrogens is 350 g/mol. The second kappa shape index (κ2) is 6.22. The Kier molecular flexibility index (Phi) is 5.05. The number of aliphatic hydroxyl groups excluding tert-OH is 1. The Labute approximate surface area is 126 Å². The molecule has 108 valence electrons. The lowest BCUT2D eigenvalue weighted by Crippen LogP contribution is -2.43. The number of hydrogen-bond donors (Lipinski definition) is 1. The number of nitrogens with zero attached hydrogens (tertiary/aromatic N) is 1. The zero-order valence-corrected chi connectivity index (χ0v) is 14.0. The topological polar surface area (TPSA) is 57.6 Å².